The number of halogens is 3. The van der Waals surface area contributed by atoms with E-state index in [4.69, 9.17) is 0 Å². The van der Waals surface area contributed by atoms with Gasteiger partial charge in [0.1, 0.15) is 6.54 Å². The smallest absolute Gasteiger partial charge is 0.332 e. The quantitative estimate of drug-likeness (QED) is 0.794. The van der Waals surface area contributed by atoms with Gasteiger partial charge in [-0.05, 0) is 27.3 Å². The number of alkyl halides is 3. The SMILES string of the molecule is CCCN(CC(F)(F)F)C(=O)C(C)(C)NC. The van der Waals surface area contributed by atoms with E-state index in [0.29, 0.717) is 6.42 Å². The lowest BCUT2D eigenvalue weighted by molar-refractivity contribution is -0.164. The van der Waals surface area contributed by atoms with Gasteiger partial charge in [0.25, 0.3) is 0 Å². The van der Waals surface area contributed by atoms with E-state index in [1.807, 2.05) is 0 Å². The van der Waals surface area contributed by atoms with E-state index in [-0.39, 0.29) is 6.54 Å². The molecule has 0 saturated carbocycles. The summed E-state index contributed by atoms with van der Waals surface area (Å²) >= 11 is 0. The van der Waals surface area contributed by atoms with Gasteiger partial charge < -0.3 is 10.2 Å². The molecule has 16 heavy (non-hydrogen) atoms. The topological polar surface area (TPSA) is 32.3 Å². The zero-order valence-electron chi connectivity index (χ0n) is 10.1. The fourth-order valence-corrected chi connectivity index (χ4v) is 1.24. The van der Waals surface area contributed by atoms with Crippen LogP contribution in [0.4, 0.5) is 13.2 Å². The van der Waals surface area contributed by atoms with Crippen LogP contribution >= 0.6 is 0 Å². The molecule has 0 unspecified atom stereocenters. The third kappa shape index (κ3) is 4.83. The predicted octanol–water partition coefficient (Wildman–Crippen LogP) is 1.79. The summed E-state index contributed by atoms with van der Waals surface area (Å²) in [5.41, 5.74) is -0.972. The Labute approximate surface area is 94.0 Å². The number of nitrogens with zero attached hydrogens (tertiary/aromatic N) is 1. The van der Waals surface area contributed by atoms with Gasteiger partial charge >= 0.3 is 6.18 Å². The van der Waals surface area contributed by atoms with E-state index in [1.165, 1.54) is 0 Å². The first-order valence-electron chi connectivity index (χ1n) is 5.19. The van der Waals surface area contributed by atoms with Crippen LogP contribution in [0.1, 0.15) is 27.2 Å². The molecule has 0 radical (unpaired) electrons. The van der Waals surface area contributed by atoms with Crippen LogP contribution in [0.5, 0.6) is 0 Å². The summed E-state index contributed by atoms with van der Waals surface area (Å²) in [7, 11) is 1.55. The van der Waals surface area contributed by atoms with Gasteiger partial charge in [0.15, 0.2) is 0 Å². The molecule has 0 rings (SSSR count). The minimum Gasteiger partial charge on any atom is -0.332 e. The van der Waals surface area contributed by atoms with Crippen molar-refractivity contribution in [3.8, 4) is 0 Å². The summed E-state index contributed by atoms with van der Waals surface area (Å²) in [6.07, 6.45) is -3.85. The minimum absolute atomic E-state index is 0.115. The molecule has 0 bridgehead atoms. The van der Waals surface area contributed by atoms with E-state index in [1.54, 1.807) is 27.8 Å². The average Bonchev–Trinajstić information content (AvgIpc) is 2.14. The molecule has 0 spiro atoms. The second kappa shape index (κ2) is 5.52. The fraction of sp³-hybridized carbons (Fsp3) is 0.900. The molecule has 0 aliphatic heterocycles. The summed E-state index contributed by atoms with van der Waals surface area (Å²) < 4.78 is 36.8. The molecule has 0 aromatic rings. The highest BCUT2D eigenvalue weighted by Gasteiger charge is 2.37. The summed E-state index contributed by atoms with van der Waals surface area (Å²) in [5.74, 6) is -0.533. The largest absolute Gasteiger partial charge is 0.406 e. The number of hydrogen-bond acceptors (Lipinski definition) is 2. The minimum atomic E-state index is -4.35. The van der Waals surface area contributed by atoms with Crippen LogP contribution in [0.3, 0.4) is 0 Å². The third-order valence-corrected chi connectivity index (χ3v) is 2.31. The molecule has 96 valence electrons. The fourth-order valence-electron chi connectivity index (χ4n) is 1.24. The number of carbonyl (C=O) groups is 1. The zero-order valence-corrected chi connectivity index (χ0v) is 10.1. The van der Waals surface area contributed by atoms with Crippen molar-refractivity contribution >= 4 is 5.91 Å². The predicted molar refractivity (Wildman–Crippen MR) is 56.1 cm³/mol. The first-order valence-corrected chi connectivity index (χ1v) is 5.19. The lowest BCUT2D eigenvalue weighted by atomic mass is 10.0. The highest BCUT2D eigenvalue weighted by Crippen LogP contribution is 2.19. The van der Waals surface area contributed by atoms with Crippen molar-refractivity contribution in [2.75, 3.05) is 20.1 Å². The Hall–Kier alpha value is -0.780. The lowest BCUT2D eigenvalue weighted by Gasteiger charge is -2.32. The molecule has 0 heterocycles. The summed E-state index contributed by atoms with van der Waals surface area (Å²) in [5, 5.41) is 2.71. The molecule has 0 aliphatic rings. The Balaban J connectivity index is 4.72. The van der Waals surface area contributed by atoms with Crippen LogP contribution in [-0.4, -0.2) is 42.7 Å². The summed E-state index contributed by atoms with van der Waals surface area (Å²) in [4.78, 5) is 12.7. The van der Waals surface area contributed by atoms with Gasteiger partial charge in [0, 0.05) is 6.54 Å². The number of nitrogens with one attached hydrogen (secondary N) is 1. The van der Waals surface area contributed by atoms with Crippen molar-refractivity contribution in [1.29, 1.82) is 0 Å². The normalized spacial score (nSPS) is 12.7. The number of amides is 1. The standard InChI is InChI=1S/C10H19F3N2O/c1-5-6-15(7-10(11,12)13)8(16)9(2,3)14-4/h14H,5-7H2,1-4H3. The van der Waals surface area contributed by atoms with Crippen LogP contribution in [0.2, 0.25) is 0 Å². The Kier molecular flexibility index (Phi) is 5.25. The average molecular weight is 240 g/mol. The molecule has 0 aliphatic carbocycles. The Morgan fingerprint density at radius 1 is 1.31 bits per heavy atom. The number of hydrogen-bond donors (Lipinski definition) is 1. The molecule has 3 nitrogen and oxygen atoms in total. The molecular weight excluding hydrogens is 221 g/mol. The third-order valence-electron chi connectivity index (χ3n) is 2.31. The van der Waals surface area contributed by atoms with Crippen LogP contribution in [0, 0.1) is 0 Å². The molecule has 0 aromatic carbocycles. The first kappa shape index (κ1) is 15.2. The van der Waals surface area contributed by atoms with Gasteiger partial charge in [-0.2, -0.15) is 13.2 Å². The van der Waals surface area contributed by atoms with E-state index in [0.717, 1.165) is 4.90 Å². The van der Waals surface area contributed by atoms with Gasteiger partial charge in [-0.15, -0.1) is 0 Å². The van der Waals surface area contributed by atoms with Crippen LogP contribution in [0.15, 0.2) is 0 Å². The lowest BCUT2D eigenvalue weighted by Crippen LogP contribution is -2.54. The second-order valence-electron chi connectivity index (χ2n) is 4.22. The van der Waals surface area contributed by atoms with E-state index in [2.05, 4.69) is 5.32 Å². The number of likely N-dealkylation sites (N-methyl/N-ethyl adjacent to an activating group) is 1. The zero-order chi connectivity index (χ0) is 13.0. The molecule has 1 amide bonds. The molecule has 0 aromatic heterocycles. The number of rotatable bonds is 5. The molecule has 6 heteroatoms. The maximum atomic E-state index is 12.3. The Morgan fingerprint density at radius 3 is 2.12 bits per heavy atom. The van der Waals surface area contributed by atoms with Crippen LogP contribution < -0.4 is 5.32 Å². The van der Waals surface area contributed by atoms with Gasteiger partial charge in [0.2, 0.25) is 5.91 Å². The molecule has 0 fully saturated rings. The summed E-state index contributed by atoms with van der Waals surface area (Å²) in [6.45, 7) is 3.79. The molecular formula is C10H19F3N2O. The second-order valence-corrected chi connectivity index (χ2v) is 4.22. The van der Waals surface area contributed by atoms with Gasteiger partial charge in [-0.3, -0.25) is 4.79 Å². The monoisotopic (exact) mass is 240 g/mol. The van der Waals surface area contributed by atoms with Crippen molar-refractivity contribution in [3.63, 3.8) is 0 Å². The van der Waals surface area contributed by atoms with Crippen molar-refractivity contribution in [2.45, 2.75) is 38.9 Å². The Morgan fingerprint density at radius 2 is 1.81 bits per heavy atom. The van der Waals surface area contributed by atoms with E-state index >= 15 is 0 Å². The summed E-state index contributed by atoms with van der Waals surface area (Å²) in [6, 6.07) is 0. The Bertz CT molecular complexity index is 239. The van der Waals surface area contributed by atoms with E-state index in [9.17, 15) is 18.0 Å². The molecule has 0 saturated heterocycles. The maximum Gasteiger partial charge on any atom is 0.406 e. The highest BCUT2D eigenvalue weighted by atomic mass is 19.4. The van der Waals surface area contributed by atoms with E-state index < -0.39 is 24.2 Å². The first-order chi connectivity index (χ1) is 7.14. The molecule has 1 N–H and O–H groups in total. The van der Waals surface area contributed by atoms with Gasteiger partial charge in [-0.1, -0.05) is 6.92 Å². The highest BCUT2D eigenvalue weighted by molar-refractivity contribution is 5.85. The van der Waals surface area contributed by atoms with Gasteiger partial charge in [-0.25, -0.2) is 0 Å². The van der Waals surface area contributed by atoms with Crippen molar-refractivity contribution in [1.82, 2.24) is 10.2 Å². The van der Waals surface area contributed by atoms with Gasteiger partial charge in [0.05, 0.1) is 5.54 Å². The van der Waals surface area contributed by atoms with Crippen LogP contribution in [0.25, 0.3) is 0 Å². The van der Waals surface area contributed by atoms with Crippen molar-refractivity contribution in [3.05, 3.63) is 0 Å². The molecule has 0 atom stereocenters. The van der Waals surface area contributed by atoms with Crippen molar-refractivity contribution in [2.24, 2.45) is 0 Å². The van der Waals surface area contributed by atoms with Crippen molar-refractivity contribution < 1.29 is 18.0 Å². The number of carbonyl (C=O) groups excluding carboxylic acids is 1. The van der Waals surface area contributed by atoms with Crippen LogP contribution in [-0.2, 0) is 4.79 Å². The maximum absolute atomic E-state index is 12.3.